The molecule has 0 spiro atoms. The molecule has 0 aliphatic carbocycles. The van der Waals surface area contributed by atoms with Crippen LogP contribution in [-0.4, -0.2) is 47.4 Å². The van der Waals surface area contributed by atoms with Gasteiger partial charge in [-0.25, -0.2) is 12.8 Å². The fraction of sp³-hybridized carbons (Fsp3) is 0.381. The first-order chi connectivity index (χ1) is 14.0. The number of hydrogen-bond acceptors (Lipinski definition) is 4. The normalized spacial score (nSPS) is 11.9. The first-order valence-electron chi connectivity index (χ1n) is 9.51. The highest BCUT2D eigenvalue weighted by molar-refractivity contribution is 7.91. The third kappa shape index (κ3) is 7.38. The number of unbranched alkanes of at least 4 members (excludes halogenated alkanes) is 1. The molecule has 0 amide bonds. The van der Waals surface area contributed by atoms with Gasteiger partial charge in [-0.1, -0.05) is 24.3 Å². The number of ether oxygens (including phenoxy) is 1. The van der Waals surface area contributed by atoms with Crippen molar-refractivity contribution < 1.29 is 17.5 Å². The number of halogens is 1. The summed E-state index contributed by atoms with van der Waals surface area (Å²) in [5.74, 6) is 0.430. The number of aryl methyl sites for hydroxylation is 1. The van der Waals surface area contributed by atoms with Crippen LogP contribution in [0.2, 0.25) is 0 Å². The Labute approximate surface area is 172 Å². The molecule has 2 rings (SSSR count). The summed E-state index contributed by atoms with van der Waals surface area (Å²) in [6, 6.07) is 13.4. The third-order valence-electron chi connectivity index (χ3n) is 4.40. The summed E-state index contributed by atoms with van der Waals surface area (Å²) >= 11 is 0. The Bertz CT molecular complexity index is 900. The van der Waals surface area contributed by atoms with Crippen LogP contribution in [0.1, 0.15) is 18.4 Å². The average molecular weight is 422 g/mol. The lowest BCUT2D eigenvalue weighted by molar-refractivity contribution is 0.414. The molecule has 0 radical (unpaired) electrons. The molecule has 0 heterocycles. The Morgan fingerprint density at radius 2 is 1.72 bits per heavy atom. The van der Waals surface area contributed by atoms with Crippen LogP contribution >= 0.6 is 0 Å². The largest absolute Gasteiger partial charge is 0.497 e. The van der Waals surface area contributed by atoms with Gasteiger partial charge in [-0.2, -0.15) is 0 Å². The first-order valence-corrected chi connectivity index (χ1v) is 11.2. The minimum atomic E-state index is -3.69. The van der Waals surface area contributed by atoms with E-state index in [1.54, 1.807) is 14.2 Å². The van der Waals surface area contributed by atoms with Crippen molar-refractivity contribution >= 4 is 15.8 Å². The minimum Gasteiger partial charge on any atom is -0.497 e. The fourth-order valence-corrected chi connectivity index (χ4v) is 4.03. The highest BCUT2D eigenvalue weighted by Gasteiger charge is 2.18. The molecule has 2 N–H and O–H groups in total. The van der Waals surface area contributed by atoms with Crippen LogP contribution in [0.5, 0.6) is 5.75 Å². The van der Waals surface area contributed by atoms with E-state index >= 15 is 0 Å². The zero-order chi connectivity index (χ0) is 21.1. The van der Waals surface area contributed by atoms with Crippen LogP contribution in [0.25, 0.3) is 0 Å². The highest BCUT2D eigenvalue weighted by atomic mass is 32.2. The van der Waals surface area contributed by atoms with Crippen LogP contribution in [0, 0.1) is 5.82 Å². The van der Waals surface area contributed by atoms with Gasteiger partial charge in [0.25, 0.3) is 0 Å². The summed E-state index contributed by atoms with van der Waals surface area (Å²) in [5, 5.41) is 6.12. The number of nitrogens with one attached hydrogen (secondary N) is 2. The Kier molecular flexibility index (Phi) is 8.92. The number of sulfone groups is 1. The molecule has 0 saturated carbocycles. The predicted octanol–water partition coefficient (Wildman–Crippen LogP) is 2.80. The van der Waals surface area contributed by atoms with Gasteiger partial charge in [0.2, 0.25) is 0 Å². The van der Waals surface area contributed by atoms with Gasteiger partial charge in [-0.3, -0.25) is 4.99 Å². The monoisotopic (exact) mass is 421 g/mol. The Balaban J connectivity index is 1.68. The molecule has 0 unspecified atom stereocenters. The van der Waals surface area contributed by atoms with E-state index in [0.717, 1.165) is 37.6 Å². The molecule has 0 aliphatic heterocycles. The van der Waals surface area contributed by atoms with E-state index in [1.165, 1.54) is 23.8 Å². The Morgan fingerprint density at radius 3 is 2.38 bits per heavy atom. The lowest BCUT2D eigenvalue weighted by Crippen LogP contribution is -2.40. The molecular weight excluding hydrogens is 393 g/mol. The van der Waals surface area contributed by atoms with Crippen molar-refractivity contribution in [2.24, 2.45) is 4.99 Å². The lowest BCUT2D eigenvalue weighted by Gasteiger charge is -2.12. The second-order valence-electron chi connectivity index (χ2n) is 6.48. The summed E-state index contributed by atoms with van der Waals surface area (Å²) in [4.78, 5) is 3.81. The van der Waals surface area contributed by atoms with Crippen molar-refractivity contribution in [2.45, 2.75) is 24.2 Å². The number of methoxy groups -OCH3 is 1. The number of rotatable bonds is 10. The van der Waals surface area contributed by atoms with Crippen LogP contribution < -0.4 is 15.4 Å². The summed E-state index contributed by atoms with van der Waals surface area (Å²) < 4.78 is 43.3. The number of benzene rings is 2. The van der Waals surface area contributed by atoms with Crippen LogP contribution in [-0.2, 0) is 16.3 Å². The van der Waals surface area contributed by atoms with Crippen LogP contribution in [0.4, 0.5) is 4.39 Å². The van der Waals surface area contributed by atoms with Crippen LogP contribution in [0.3, 0.4) is 0 Å². The van der Waals surface area contributed by atoms with Crippen molar-refractivity contribution in [2.75, 3.05) is 33.0 Å². The van der Waals surface area contributed by atoms with Gasteiger partial charge >= 0.3 is 0 Å². The van der Waals surface area contributed by atoms with E-state index in [0.29, 0.717) is 5.96 Å². The zero-order valence-electron chi connectivity index (χ0n) is 16.8. The maximum Gasteiger partial charge on any atom is 0.191 e. The molecule has 0 aromatic heterocycles. The van der Waals surface area contributed by atoms with Crippen molar-refractivity contribution in [3.63, 3.8) is 0 Å². The van der Waals surface area contributed by atoms with Gasteiger partial charge in [0.05, 0.1) is 12.9 Å². The van der Waals surface area contributed by atoms with Gasteiger partial charge in [0, 0.05) is 20.1 Å². The van der Waals surface area contributed by atoms with E-state index in [2.05, 4.69) is 27.8 Å². The summed E-state index contributed by atoms with van der Waals surface area (Å²) in [5.41, 5.74) is 1.26. The van der Waals surface area contributed by atoms with Crippen molar-refractivity contribution in [3.05, 3.63) is 59.9 Å². The standard InChI is InChI=1S/C21H28FN3O3S/c1-23-21(24-14-6-5-7-17-10-12-18(28-2)13-11-17)25-15-16-29(26,27)20-9-4-3-8-19(20)22/h3-4,8-13H,5-7,14-16H2,1-2H3,(H2,23,24,25). The molecule has 0 fully saturated rings. The molecule has 0 bridgehead atoms. The molecule has 0 saturated heterocycles. The van der Waals surface area contributed by atoms with Gasteiger partial charge in [0.1, 0.15) is 16.5 Å². The highest BCUT2D eigenvalue weighted by Crippen LogP contribution is 2.15. The van der Waals surface area contributed by atoms with Crippen molar-refractivity contribution in [1.82, 2.24) is 10.6 Å². The van der Waals surface area contributed by atoms with E-state index < -0.39 is 15.7 Å². The lowest BCUT2D eigenvalue weighted by atomic mass is 10.1. The second-order valence-corrected chi connectivity index (χ2v) is 8.56. The SMILES string of the molecule is CN=C(NCCCCc1ccc(OC)cc1)NCCS(=O)(=O)c1ccccc1F. The summed E-state index contributed by atoms with van der Waals surface area (Å²) in [6.45, 7) is 0.859. The molecule has 0 aliphatic rings. The minimum absolute atomic E-state index is 0.141. The Hall–Kier alpha value is -2.61. The van der Waals surface area contributed by atoms with Crippen LogP contribution in [0.15, 0.2) is 58.4 Å². The van der Waals surface area contributed by atoms with Gasteiger partial charge in [0.15, 0.2) is 15.8 Å². The quantitative estimate of drug-likeness (QED) is 0.350. The molecule has 2 aromatic carbocycles. The van der Waals surface area contributed by atoms with Crippen molar-refractivity contribution in [1.29, 1.82) is 0 Å². The second kappa shape index (κ2) is 11.4. The topological polar surface area (TPSA) is 79.8 Å². The predicted molar refractivity (Wildman–Crippen MR) is 114 cm³/mol. The Morgan fingerprint density at radius 1 is 1.03 bits per heavy atom. The van der Waals surface area contributed by atoms with E-state index in [9.17, 15) is 12.8 Å². The third-order valence-corrected chi connectivity index (χ3v) is 6.15. The smallest absolute Gasteiger partial charge is 0.191 e. The first kappa shape index (κ1) is 22.7. The van der Waals surface area contributed by atoms with E-state index in [-0.39, 0.29) is 17.2 Å². The molecule has 29 heavy (non-hydrogen) atoms. The molecule has 158 valence electrons. The van der Waals surface area contributed by atoms with Gasteiger partial charge in [-0.15, -0.1) is 0 Å². The molecule has 8 heteroatoms. The van der Waals surface area contributed by atoms with Gasteiger partial charge in [-0.05, 0) is 49.1 Å². The fourth-order valence-electron chi connectivity index (χ4n) is 2.78. The molecular formula is C21H28FN3O3S. The molecule has 6 nitrogen and oxygen atoms in total. The van der Waals surface area contributed by atoms with Gasteiger partial charge < -0.3 is 15.4 Å². The number of nitrogens with zero attached hydrogens (tertiary/aromatic N) is 1. The number of hydrogen-bond donors (Lipinski definition) is 2. The molecule has 0 atom stereocenters. The summed E-state index contributed by atoms with van der Waals surface area (Å²) in [6.07, 6.45) is 2.93. The zero-order valence-corrected chi connectivity index (χ0v) is 17.6. The summed E-state index contributed by atoms with van der Waals surface area (Å²) in [7, 11) is -0.416. The van der Waals surface area contributed by atoms with Crippen molar-refractivity contribution in [3.8, 4) is 5.75 Å². The maximum absolute atomic E-state index is 13.7. The number of aliphatic imine (C=N–C) groups is 1. The van der Waals surface area contributed by atoms with E-state index in [1.807, 2.05) is 12.1 Å². The average Bonchev–Trinajstić information content (AvgIpc) is 2.72. The maximum atomic E-state index is 13.7. The molecule has 2 aromatic rings. The van der Waals surface area contributed by atoms with E-state index in [4.69, 9.17) is 4.74 Å². The number of guanidine groups is 1.